The third-order valence-electron chi connectivity index (χ3n) is 10.4. The Bertz CT molecular complexity index is 1710. The molecule has 2 unspecified atom stereocenters. The van der Waals surface area contributed by atoms with E-state index >= 15 is 0 Å². The molecule has 3 saturated heterocycles. The Kier molecular flexibility index (Phi) is 9.45. The van der Waals surface area contributed by atoms with Gasteiger partial charge in [0.2, 0.25) is 11.8 Å². The second kappa shape index (κ2) is 13.6. The van der Waals surface area contributed by atoms with Crippen molar-refractivity contribution in [2.24, 2.45) is 11.8 Å². The van der Waals surface area contributed by atoms with Crippen LogP contribution >= 0.6 is 0 Å². The van der Waals surface area contributed by atoms with Crippen LogP contribution in [0.5, 0.6) is 5.75 Å². The molecule has 3 aromatic rings. The molecule has 9 nitrogen and oxygen atoms in total. The van der Waals surface area contributed by atoms with Crippen molar-refractivity contribution >= 4 is 39.9 Å². The second-order valence-electron chi connectivity index (χ2n) is 12.9. The summed E-state index contributed by atoms with van der Waals surface area (Å²) in [5, 5.41) is 11.8. The lowest BCUT2D eigenvalue weighted by Crippen LogP contribution is -2.56. The number of amides is 3. The molecule has 3 aliphatic rings. The number of fused-ring (bicyclic) bond motifs is 2. The largest absolute Gasteiger partial charge is 0.494 e. The van der Waals surface area contributed by atoms with Gasteiger partial charge in [0, 0.05) is 37.6 Å². The normalized spacial score (nSPS) is 25.6. The lowest BCUT2D eigenvalue weighted by Gasteiger charge is -2.37. The monoisotopic (exact) mass is 651 g/mol. The second-order valence-corrected chi connectivity index (χ2v) is 12.9. The van der Waals surface area contributed by atoms with E-state index in [1.54, 1.807) is 26.9 Å². The van der Waals surface area contributed by atoms with E-state index < -0.39 is 29.1 Å². The molecule has 6 rings (SSSR count). The van der Waals surface area contributed by atoms with Gasteiger partial charge in [0.1, 0.15) is 17.4 Å². The summed E-state index contributed by atoms with van der Waals surface area (Å²) in [5.74, 6) is -1.76. The number of ether oxygens (including phenoxy) is 2. The predicted octanol–water partition coefficient (Wildman–Crippen LogP) is 5.51. The van der Waals surface area contributed by atoms with Gasteiger partial charge in [-0.05, 0) is 79.8 Å². The summed E-state index contributed by atoms with van der Waals surface area (Å²) < 4.78 is 12.6. The number of hydrogen-bond acceptors (Lipinski definition) is 6. The summed E-state index contributed by atoms with van der Waals surface area (Å²) >= 11 is 0. The van der Waals surface area contributed by atoms with E-state index in [2.05, 4.69) is 13.2 Å². The van der Waals surface area contributed by atoms with Crippen molar-refractivity contribution in [3.8, 4) is 5.75 Å². The first-order chi connectivity index (χ1) is 23.3. The van der Waals surface area contributed by atoms with Gasteiger partial charge in [-0.1, -0.05) is 49.4 Å². The molecule has 252 valence electrons. The number of likely N-dealkylation sites (tertiary alicyclic amines) is 1. The van der Waals surface area contributed by atoms with Crippen LogP contribution in [-0.2, 0) is 19.1 Å². The average molecular weight is 652 g/mol. The Morgan fingerprint density at radius 3 is 2.27 bits per heavy atom. The highest BCUT2D eigenvalue weighted by Gasteiger charge is 2.79. The van der Waals surface area contributed by atoms with Gasteiger partial charge in [-0.25, -0.2) is 0 Å². The summed E-state index contributed by atoms with van der Waals surface area (Å²) in [6.45, 7) is 12.7. The summed E-state index contributed by atoms with van der Waals surface area (Å²) in [6.07, 6.45) is 5.17. The molecule has 0 aromatic heterocycles. The molecule has 0 radical (unpaired) electrons. The van der Waals surface area contributed by atoms with E-state index in [1.165, 1.54) is 0 Å². The van der Waals surface area contributed by atoms with Crippen LogP contribution in [0.25, 0.3) is 10.8 Å². The number of benzene rings is 3. The Balaban J connectivity index is 1.42. The first-order valence-corrected chi connectivity index (χ1v) is 17.0. The fourth-order valence-electron chi connectivity index (χ4n) is 8.31. The van der Waals surface area contributed by atoms with Gasteiger partial charge in [-0.3, -0.25) is 14.4 Å². The van der Waals surface area contributed by atoms with Crippen LogP contribution in [0, 0.1) is 11.8 Å². The number of carbonyl (C=O) groups excluding carboxylic acids is 3. The van der Waals surface area contributed by atoms with Crippen molar-refractivity contribution in [3.63, 3.8) is 0 Å². The zero-order chi connectivity index (χ0) is 34.1. The maximum atomic E-state index is 14.9. The fraction of sp³-hybridized carbons (Fsp3) is 0.410. The van der Waals surface area contributed by atoms with E-state index in [1.807, 2.05) is 80.6 Å². The van der Waals surface area contributed by atoms with Gasteiger partial charge < -0.3 is 29.3 Å². The summed E-state index contributed by atoms with van der Waals surface area (Å²) in [6, 6.07) is 20.1. The van der Waals surface area contributed by atoms with Crippen molar-refractivity contribution in [1.29, 1.82) is 0 Å². The molecule has 1 spiro atoms. The number of rotatable bonds is 14. The highest BCUT2D eigenvalue weighted by atomic mass is 16.5. The lowest BCUT2D eigenvalue weighted by atomic mass is 9.64. The Morgan fingerprint density at radius 1 is 0.958 bits per heavy atom. The van der Waals surface area contributed by atoms with E-state index in [0.717, 1.165) is 10.8 Å². The summed E-state index contributed by atoms with van der Waals surface area (Å²) in [4.78, 5) is 49.3. The van der Waals surface area contributed by atoms with Crippen molar-refractivity contribution < 1.29 is 29.0 Å². The van der Waals surface area contributed by atoms with Gasteiger partial charge in [0.05, 0.1) is 24.0 Å². The van der Waals surface area contributed by atoms with E-state index in [4.69, 9.17) is 9.47 Å². The first-order valence-electron chi connectivity index (χ1n) is 17.0. The number of hydrogen-bond donors (Lipinski definition) is 1. The molecule has 1 N–H and O–H groups in total. The molecule has 9 heteroatoms. The number of nitrogens with zero attached hydrogens (tertiary/aromatic N) is 3. The van der Waals surface area contributed by atoms with Gasteiger partial charge >= 0.3 is 0 Å². The van der Waals surface area contributed by atoms with Crippen LogP contribution in [0.3, 0.4) is 0 Å². The standard InChI is InChI=1S/C39H45N3O6/c1-5-22-40(29-16-18-31(19-17-29)47-8-4)35(44)32-33-36(45)42(24-11-25-43)34(39(33)21-20-38(32,7-3)48-39)37(46)41(23-6-2)30-15-14-27-12-9-10-13-28(27)26-30/h5-6,9-10,12-19,26,32-34,43H,1-2,7-8,11,20-25H2,3-4H3/t32-,33-,34?,38+,39?/m0/s1. The SMILES string of the molecule is C=CCN(C(=O)C1N(CCCO)C(=O)[C@@H]2[C@@H](C(=O)N(CC=C)c3ccc(OCC)cc3)[C@@]3(CC)CCC12O3)c1ccc2ccccc2c1. The Morgan fingerprint density at radius 2 is 1.62 bits per heavy atom. The van der Waals surface area contributed by atoms with Crippen LogP contribution in [0.2, 0.25) is 0 Å². The van der Waals surface area contributed by atoms with Crippen molar-refractivity contribution in [2.45, 2.75) is 56.8 Å². The predicted molar refractivity (Wildman–Crippen MR) is 187 cm³/mol. The smallest absolute Gasteiger partial charge is 0.253 e. The summed E-state index contributed by atoms with van der Waals surface area (Å²) in [5.41, 5.74) is -0.758. The number of aliphatic hydroxyl groups is 1. The van der Waals surface area contributed by atoms with Gasteiger partial charge in [0.25, 0.3) is 5.91 Å². The van der Waals surface area contributed by atoms with Crippen molar-refractivity contribution in [1.82, 2.24) is 4.90 Å². The number of anilines is 2. The average Bonchev–Trinajstić information content (AvgIpc) is 3.71. The highest BCUT2D eigenvalue weighted by Crippen LogP contribution is 2.65. The molecule has 3 aromatic carbocycles. The first kappa shape index (κ1) is 33.4. The van der Waals surface area contributed by atoms with Crippen molar-refractivity contribution in [2.75, 3.05) is 42.6 Å². The highest BCUT2D eigenvalue weighted by molar-refractivity contribution is 6.07. The van der Waals surface area contributed by atoms with Crippen LogP contribution in [0.4, 0.5) is 11.4 Å². The molecule has 3 fully saturated rings. The maximum absolute atomic E-state index is 14.9. The van der Waals surface area contributed by atoms with Gasteiger partial charge in [-0.15, -0.1) is 13.2 Å². The van der Waals surface area contributed by atoms with E-state index in [-0.39, 0.29) is 44.0 Å². The molecule has 48 heavy (non-hydrogen) atoms. The zero-order valence-corrected chi connectivity index (χ0v) is 27.8. The minimum Gasteiger partial charge on any atom is -0.494 e. The zero-order valence-electron chi connectivity index (χ0n) is 27.8. The molecule has 3 aliphatic heterocycles. The molecule has 3 heterocycles. The fourth-order valence-corrected chi connectivity index (χ4v) is 8.31. The van der Waals surface area contributed by atoms with Crippen LogP contribution < -0.4 is 14.5 Å². The third-order valence-corrected chi connectivity index (χ3v) is 10.4. The molecular formula is C39H45N3O6. The Hall–Kier alpha value is -4.47. The summed E-state index contributed by atoms with van der Waals surface area (Å²) in [7, 11) is 0. The van der Waals surface area contributed by atoms with E-state index in [0.29, 0.717) is 49.4 Å². The van der Waals surface area contributed by atoms with Crippen molar-refractivity contribution in [3.05, 3.63) is 92.0 Å². The quantitative estimate of drug-likeness (QED) is 0.231. The van der Waals surface area contributed by atoms with Gasteiger partial charge in [0.15, 0.2) is 0 Å². The molecule has 5 atom stereocenters. The molecular weight excluding hydrogens is 606 g/mol. The molecule has 0 saturated carbocycles. The van der Waals surface area contributed by atoms with Crippen LogP contribution in [-0.4, -0.2) is 77.8 Å². The third kappa shape index (κ3) is 5.39. The lowest BCUT2D eigenvalue weighted by molar-refractivity contribution is -0.146. The molecule has 2 bridgehead atoms. The van der Waals surface area contributed by atoms with E-state index in [9.17, 15) is 19.5 Å². The number of aliphatic hydroxyl groups excluding tert-OH is 1. The van der Waals surface area contributed by atoms with Gasteiger partial charge in [-0.2, -0.15) is 0 Å². The molecule has 3 amide bonds. The van der Waals surface area contributed by atoms with Crippen LogP contribution in [0.1, 0.15) is 39.5 Å². The number of carbonyl (C=O) groups is 3. The minimum absolute atomic E-state index is 0.142. The topological polar surface area (TPSA) is 99.6 Å². The minimum atomic E-state index is -1.20. The molecule has 0 aliphatic carbocycles. The van der Waals surface area contributed by atoms with Crippen LogP contribution in [0.15, 0.2) is 92.0 Å². The Labute approximate surface area is 282 Å². The maximum Gasteiger partial charge on any atom is 0.253 e.